The van der Waals surface area contributed by atoms with E-state index < -0.39 is 0 Å². The van der Waals surface area contributed by atoms with Gasteiger partial charge in [0.15, 0.2) is 0 Å². The van der Waals surface area contributed by atoms with Crippen molar-refractivity contribution < 1.29 is 4.79 Å². The van der Waals surface area contributed by atoms with Crippen molar-refractivity contribution in [2.75, 3.05) is 6.54 Å². The first-order valence-electron chi connectivity index (χ1n) is 12.1. The van der Waals surface area contributed by atoms with Crippen molar-refractivity contribution in [3.63, 3.8) is 0 Å². The summed E-state index contributed by atoms with van der Waals surface area (Å²) in [6.45, 7) is 11.5. The van der Waals surface area contributed by atoms with E-state index in [0.29, 0.717) is 25.3 Å². The average Bonchev–Trinajstić information content (AvgIpc) is 3.24. The molecule has 3 aromatic rings. The van der Waals surface area contributed by atoms with Gasteiger partial charge in [-0.2, -0.15) is 0 Å². The Hall–Kier alpha value is -3.21. The molecule has 2 heterocycles. The minimum atomic E-state index is -0.250. The van der Waals surface area contributed by atoms with Crippen LogP contribution in [0.2, 0.25) is 0 Å². The van der Waals surface area contributed by atoms with Crippen LogP contribution in [0.5, 0.6) is 0 Å². The number of amides is 1. The van der Waals surface area contributed by atoms with Crippen molar-refractivity contribution in [1.29, 1.82) is 0 Å². The lowest BCUT2D eigenvalue weighted by Crippen LogP contribution is -2.43. The number of hydrogen-bond acceptors (Lipinski definition) is 3. The molecule has 0 unspecified atom stereocenters. The van der Waals surface area contributed by atoms with Gasteiger partial charge in [0, 0.05) is 18.0 Å². The van der Waals surface area contributed by atoms with Crippen molar-refractivity contribution in [3.8, 4) is 0 Å². The molecule has 0 radical (unpaired) electrons. The van der Waals surface area contributed by atoms with Crippen molar-refractivity contribution in [2.24, 2.45) is 16.7 Å². The van der Waals surface area contributed by atoms with E-state index in [1.807, 2.05) is 52.8 Å². The molecule has 0 N–H and O–H groups in total. The second kappa shape index (κ2) is 7.93. The molecule has 2 aromatic carbocycles. The van der Waals surface area contributed by atoms with Crippen LogP contribution in [0.1, 0.15) is 61.9 Å². The second-order valence-corrected chi connectivity index (χ2v) is 10.9. The molecule has 5 nitrogen and oxygen atoms in total. The van der Waals surface area contributed by atoms with Crippen LogP contribution >= 0.6 is 0 Å². The number of benzene rings is 2. The van der Waals surface area contributed by atoms with Crippen LogP contribution in [0.3, 0.4) is 0 Å². The predicted octanol–water partition coefficient (Wildman–Crippen LogP) is 4.76. The largest absolute Gasteiger partial charge is 0.336 e. The maximum atomic E-state index is 13.9. The van der Waals surface area contributed by atoms with Gasteiger partial charge in [0.1, 0.15) is 5.82 Å². The molecule has 1 amide bonds. The van der Waals surface area contributed by atoms with E-state index in [1.165, 1.54) is 0 Å². The highest BCUT2D eigenvalue weighted by molar-refractivity contribution is 5.84. The quantitative estimate of drug-likeness (QED) is 0.570. The third-order valence-electron chi connectivity index (χ3n) is 8.51. The number of carbonyl (C=O) groups excluding carboxylic acids is 1. The fourth-order valence-electron chi connectivity index (χ4n) is 5.87. The molecule has 0 bridgehead atoms. The average molecular weight is 456 g/mol. The Labute approximate surface area is 201 Å². The summed E-state index contributed by atoms with van der Waals surface area (Å²) in [5, 5.41) is 0. The maximum absolute atomic E-state index is 13.9. The molecule has 0 saturated heterocycles. The first-order chi connectivity index (χ1) is 16.1. The SMILES string of the molecule is Cc1nc2c(c(=O)n1C(c1ccccc1)c1ccccc1)CCN(C(=O)C1C(C)(C)C1(C)C)C2. The van der Waals surface area contributed by atoms with E-state index >= 15 is 0 Å². The number of nitrogens with zero attached hydrogens (tertiary/aromatic N) is 3. The molecule has 1 fully saturated rings. The van der Waals surface area contributed by atoms with Gasteiger partial charge in [0.25, 0.3) is 5.56 Å². The number of aryl methyl sites for hydroxylation is 1. The molecular weight excluding hydrogens is 422 g/mol. The van der Waals surface area contributed by atoms with E-state index in [0.717, 1.165) is 22.4 Å². The third kappa shape index (κ3) is 3.41. The predicted molar refractivity (Wildman–Crippen MR) is 134 cm³/mol. The Morgan fingerprint density at radius 3 is 1.97 bits per heavy atom. The summed E-state index contributed by atoms with van der Waals surface area (Å²) >= 11 is 0. The smallest absolute Gasteiger partial charge is 0.257 e. The molecular formula is C29H33N3O2. The van der Waals surface area contributed by atoms with E-state index in [4.69, 9.17) is 4.98 Å². The monoisotopic (exact) mass is 455 g/mol. The van der Waals surface area contributed by atoms with Crippen molar-refractivity contribution >= 4 is 5.91 Å². The van der Waals surface area contributed by atoms with Crippen LogP contribution in [0, 0.1) is 23.7 Å². The van der Waals surface area contributed by atoms with E-state index in [-0.39, 0.29) is 34.3 Å². The number of aromatic nitrogens is 2. The van der Waals surface area contributed by atoms with Gasteiger partial charge >= 0.3 is 0 Å². The summed E-state index contributed by atoms with van der Waals surface area (Å²) in [4.78, 5) is 34.0. The summed E-state index contributed by atoms with van der Waals surface area (Å²) in [7, 11) is 0. The first-order valence-corrected chi connectivity index (χ1v) is 12.1. The van der Waals surface area contributed by atoms with Gasteiger partial charge < -0.3 is 4.90 Å². The van der Waals surface area contributed by atoms with Crippen LogP contribution in [0.25, 0.3) is 0 Å². The maximum Gasteiger partial charge on any atom is 0.257 e. The highest BCUT2D eigenvalue weighted by atomic mass is 16.2. The Kier molecular flexibility index (Phi) is 5.27. The molecule has 5 rings (SSSR count). The zero-order valence-electron chi connectivity index (χ0n) is 20.7. The minimum Gasteiger partial charge on any atom is -0.336 e. The van der Waals surface area contributed by atoms with E-state index in [1.54, 1.807) is 0 Å². The summed E-state index contributed by atoms with van der Waals surface area (Å²) in [5.41, 5.74) is 3.57. The topological polar surface area (TPSA) is 55.2 Å². The van der Waals surface area contributed by atoms with Gasteiger partial charge in [-0.25, -0.2) is 4.98 Å². The number of rotatable bonds is 4. The lowest BCUT2D eigenvalue weighted by atomic mass is 9.97. The van der Waals surface area contributed by atoms with Gasteiger partial charge in [-0.3, -0.25) is 14.2 Å². The Bertz CT molecular complexity index is 1240. The number of fused-ring (bicyclic) bond motifs is 1. The lowest BCUT2D eigenvalue weighted by Gasteiger charge is -2.31. The van der Waals surface area contributed by atoms with Crippen LogP contribution in [0.4, 0.5) is 0 Å². The molecule has 2 aliphatic rings. The van der Waals surface area contributed by atoms with Crippen LogP contribution in [0.15, 0.2) is 65.5 Å². The summed E-state index contributed by atoms with van der Waals surface area (Å²) in [6, 6.07) is 20.0. The number of carbonyl (C=O) groups is 1. The molecule has 34 heavy (non-hydrogen) atoms. The molecule has 0 spiro atoms. The second-order valence-electron chi connectivity index (χ2n) is 10.9. The molecule has 1 aliphatic carbocycles. The first kappa shape index (κ1) is 22.6. The van der Waals surface area contributed by atoms with Crippen molar-refractivity contribution in [1.82, 2.24) is 14.5 Å². The molecule has 176 valence electrons. The molecule has 1 saturated carbocycles. The highest BCUT2D eigenvalue weighted by Gasteiger charge is 2.68. The zero-order chi connectivity index (χ0) is 24.3. The normalized spacial score (nSPS) is 18.6. The van der Waals surface area contributed by atoms with E-state index in [9.17, 15) is 9.59 Å². The van der Waals surface area contributed by atoms with Gasteiger partial charge in [-0.15, -0.1) is 0 Å². The number of hydrogen-bond donors (Lipinski definition) is 0. The fraction of sp³-hybridized carbons (Fsp3) is 0.414. The minimum absolute atomic E-state index is 0.000568. The van der Waals surface area contributed by atoms with Gasteiger partial charge in [-0.1, -0.05) is 88.4 Å². The Morgan fingerprint density at radius 2 is 1.47 bits per heavy atom. The van der Waals surface area contributed by atoms with Crippen LogP contribution < -0.4 is 5.56 Å². The van der Waals surface area contributed by atoms with Gasteiger partial charge in [0.2, 0.25) is 5.91 Å². The Balaban J connectivity index is 1.53. The molecule has 5 heteroatoms. The molecule has 0 atom stereocenters. The Morgan fingerprint density at radius 1 is 0.941 bits per heavy atom. The molecule has 1 aliphatic heterocycles. The fourth-order valence-corrected chi connectivity index (χ4v) is 5.87. The standard InChI is InChI=1S/C29H33N3O2/c1-19-30-23-18-31(27(34)25-28(2,3)29(25,4)5)17-16-22(23)26(33)32(19)24(20-12-8-6-9-13-20)21-14-10-7-11-15-21/h6-15,24-25H,16-18H2,1-5H3. The zero-order valence-corrected chi connectivity index (χ0v) is 20.7. The van der Waals surface area contributed by atoms with Gasteiger partial charge in [0.05, 0.1) is 18.3 Å². The van der Waals surface area contributed by atoms with Crippen molar-refractivity contribution in [3.05, 3.63) is 99.2 Å². The summed E-state index contributed by atoms with van der Waals surface area (Å²) in [6.07, 6.45) is 0.539. The molecule has 1 aromatic heterocycles. The van der Waals surface area contributed by atoms with Crippen LogP contribution in [-0.4, -0.2) is 26.9 Å². The van der Waals surface area contributed by atoms with Gasteiger partial charge in [-0.05, 0) is 35.3 Å². The van der Waals surface area contributed by atoms with Crippen LogP contribution in [-0.2, 0) is 17.8 Å². The van der Waals surface area contributed by atoms with Crippen molar-refractivity contribution in [2.45, 2.75) is 53.6 Å². The summed E-state index contributed by atoms with van der Waals surface area (Å²) in [5.74, 6) is 0.877. The van der Waals surface area contributed by atoms with E-state index in [2.05, 4.69) is 52.0 Å². The third-order valence-corrected chi connectivity index (χ3v) is 8.51. The highest BCUT2D eigenvalue weighted by Crippen LogP contribution is 2.68. The summed E-state index contributed by atoms with van der Waals surface area (Å²) < 4.78 is 1.83. The lowest BCUT2D eigenvalue weighted by molar-refractivity contribution is -0.134.